The van der Waals surface area contributed by atoms with Crippen LogP contribution in [0.2, 0.25) is 0 Å². The van der Waals surface area contributed by atoms with E-state index in [4.69, 9.17) is 11.1 Å². The van der Waals surface area contributed by atoms with Crippen molar-refractivity contribution < 1.29 is 4.79 Å². The molecule has 1 amide bonds. The van der Waals surface area contributed by atoms with E-state index < -0.39 is 0 Å². The number of carbonyl (C=O) groups excluding carboxylic acids is 1. The standard InChI is InChI=1S/C10H20N4O/c1-4-5-9(10(15)13-12)14(3)7-8(2)6-11/h8-9H,4-5,7,12H2,1-3H3,(H,13,15). The van der Waals surface area contributed by atoms with Crippen LogP contribution in [0.15, 0.2) is 0 Å². The Morgan fingerprint density at radius 3 is 2.67 bits per heavy atom. The van der Waals surface area contributed by atoms with Crippen LogP contribution in [0.5, 0.6) is 0 Å². The van der Waals surface area contributed by atoms with Crippen LogP contribution in [0.1, 0.15) is 26.7 Å². The Balaban J connectivity index is 4.35. The number of hydrogen-bond acceptors (Lipinski definition) is 4. The van der Waals surface area contributed by atoms with Gasteiger partial charge in [0.05, 0.1) is 18.0 Å². The van der Waals surface area contributed by atoms with Crippen LogP contribution in [-0.2, 0) is 4.79 Å². The van der Waals surface area contributed by atoms with E-state index >= 15 is 0 Å². The SMILES string of the molecule is CCCC(C(=O)NN)N(C)CC(C)C#N. The maximum absolute atomic E-state index is 11.5. The topological polar surface area (TPSA) is 82.2 Å². The number of nitriles is 1. The molecule has 0 rings (SSSR count). The summed E-state index contributed by atoms with van der Waals surface area (Å²) < 4.78 is 0. The molecule has 0 spiro atoms. The van der Waals surface area contributed by atoms with Crippen molar-refractivity contribution in [2.45, 2.75) is 32.7 Å². The molecule has 5 heteroatoms. The number of hydrazine groups is 1. The molecule has 0 aliphatic rings. The van der Waals surface area contributed by atoms with Crippen molar-refractivity contribution in [2.75, 3.05) is 13.6 Å². The van der Waals surface area contributed by atoms with Gasteiger partial charge in [0.1, 0.15) is 0 Å². The summed E-state index contributed by atoms with van der Waals surface area (Å²) in [6.07, 6.45) is 1.65. The van der Waals surface area contributed by atoms with Gasteiger partial charge < -0.3 is 0 Å². The summed E-state index contributed by atoms with van der Waals surface area (Å²) in [4.78, 5) is 13.3. The van der Waals surface area contributed by atoms with Crippen LogP contribution in [-0.4, -0.2) is 30.4 Å². The summed E-state index contributed by atoms with van der Waals surface area (Å²) in [5, 5.41) is 8.69. The van der Waals surface area contributed by atoms with Gasteiger partial charge in [-0.05, 0) is 20.4 Å². The predicted molar refractivity (Wildman–Crippen MR) is 58.4 cm³/mol. The highest BCUT2D eigenvalue weighted by atomic mass is 16.2. The molecule has 0 saturated carbocycles. The van der Waals surface area contributed by atoms with E-state index in [-0.39, 0.29) is 17.9 Å². The van der Waals surface area contributed by atoms with Crippen molar-refractivity contribution in [2.24, 2.45) is 11.8 Å². The molecule has 0 radical (unpaired) electrons. The molecule has 0 aromatic heterocycles. The average Bonchev–Trinajstić information content (AvgIpc) is 2.24. The summed E-state index contributed by atoms with van der Waals surface area (Å²) in [6, 6.07) is 1.91. The van der Waals surface area contributed by atoms with E-state index in [0.717, 1.165) is 12.8 Å². The lowest BCUT2D eigenvalue weighted by atomic mass is 10.1. The van der Waals surface area contributed by atoms with Gasteiger partial charge in [-0.25, -0.2) is 5.84 Å². The summed E-state index contributed by atoms with van der Waals surface area (Å²) in [7, 11) is 1.84. The number of nitrogens with zero attached hydrogens (tertiary/aromatic N) is 2. The first-order valence-electron chi connectivity index (χ1n) is 5.17. The number of nitrogens with two attached hydrogens (primary N) is 1. The van der Waals surface area contributed by atoms with Crippen LogP contribution in [0, 0.1) is 17.2 Å². The van der Waals surface area contributed by atoms with Crippen LogP contribution >= 0.6 is 0 Å². The molecule has 3 N–H and O–H groups in total. The van der Waals surface area contributed by atoms with Crippen LogP contribution in [0.4, 0.5) is 0 Å². The van der Waals surface area contributed by atoms with Gasteiger partial charge in [-0.1, -0.05) is 13.3 Å². The molecule has 0 fully saturated rings. The fourth-order valence-corrected chi connectivity index (χ4v) is 1.52. The minimum Gasteiger partial charge on any atom is -0.294 e. The fraction of sp³-hybridized carbons (Fsp3) is 0.800. The van der Waals surface area contributed by atoms with Gasteiger partial charge >= 0.3 is 0 Å². The molecule has 0 aliphatic heterocycles. The van der Waals surface area contributed by atoms with Gasteiger partial charge in [-0.3, -0.25) is 15.1 Å². The van der Waals surface area contributed by atoms with Crippen molar-refractivity contribution in [3.63, 3.8) is 0 Å². The largest absolute Gasteiger partial charge is 0.294 e. The van der Waals surface area contributed by atoms with Gasteiger partial charge in [0.2, 0.25) is 0 Å². The Hall–Kier alpha value is -1.12. The van der Waals surface area contributed by atoms with Crippen LogP contribution in [0.3, 0.4) is 0 Å². The first-order chi connectivity index (χ1) is 7.06. The van der Waals surface area contributed by atoms with Gasteiger partial charge in [0, 0.05) is 6.54 Å². The molecule has 5 nitrogen and oxygen atoms in total. The Morgan fingerprint density at radius 1 is 1.67 bits per heavy atom. The van der Waals surface area contributed by atoms with E-state index in [2.05, 4.69) is 11.5 Å². The molecule has 2 atom stereocenters. The van der Waals surface area contributed by atoms with E-state index in [1.165, 1.54) is 0 Å². The van der Waals surface area contributed by atoms with Gasteiger partial charge in [-0.2, -0.15) is 5.26 Å². The molecule has 0 aliphatic carbocycles. The van der Waals surface area contributed by atoms with Crippen molar-refractivity contribution in [3.05, 3.63) is 0 Å². The number of hydrogen-bond donors (Lipinski definition) is 2. The third kappa shape index (κ3) is 4.77. The molecule has 0 heterocycles. The molecule has 0 bridgehead atoms. The maximum atomic E-state index is 11.5. The highest BCUT2D eigenvalue weighted by Gasteiger charge is 2.22. The van der Waals surface area contributed by atoms with Crippen molar-refractivity contribution in [1.29, 1.82) is 5.26 Å². The smallest absolute Gasteiger partial charge is 0.251 e. The van der Waals surface area contributed by atoms with Gasteiger partial charge in [0.15, 0.2) is 0 Å². The van der Waals surface area contributed by atoms with Crippen molar-refractivity contribution >= 4 is 5.91 Å². The first-order valence-corrected chi connectivity index (χ1v) is 5.17. The van der Waals surface area contributed by atoms with E-state index in [9.17, 15) is 4.79 Å². The second-order valence-electron chi connectivity index (χ2n) is 3.78. The Morgan fingerprint density at radius 2 is 2.27 bits per heavy atom. The fourth-order valence-electron chi connectivity index (χ4n) is 1.52. The van der Waals surface area contributed by atoms with Gasteiger partial charge in [0.25, 0.3) is 5.91 Å². The summed E-state index contributed by atoms with van der Waals surface area (Å²) in [5.41, 5.74) is 2.16. The lowest BCUT2D eigenvalue weighted by Crippen LogP contribution is -2.48. The minimum atomic E-state index is -0.240. The molecule has 0 aromatic rings. The van der Waals surface area contributed by atoms with Crippen molar-refractivity contribution in [1.82, 2.24) is 10.3 Å². The number of likely N-dealkylation sites (N-methyl/N-ethyl adjacent to an activating group) is 1. The summed E-state index contributed by atoms with van der Waals surface area (Å²) in [6.45, 7) is 4.42. The van der Waals surface area contributed by atoms with Crippen LogP contribution in [0.25, 0.3) is 0 Å². The second-order valence-corrected chi connectivity index (χ2v) is 3.78. The lowest BCUT2D eigenvalue weighted by Gasteiger charge is -2.26. The molecular weight excluding hydrogens is 192 g/mol. The summed E-state index contributed by atoms with van der Waals surface area (Å²) >= 11 is 0. The molecule has 86 valence electrons. The zero-order chi connectivity index (χ0) is 11.8. The Kier molecular flexibility index (Phi) is 6.67. The number of carbonyl (C=O) groups is 1. The van der Waals surface area contributed by atoms with Gasteiger partial charge in [-0.15, -0.1) is 0 Å². The first kappa shape index (κ1) is 13.9. The molecule has 0 aromatic carbocycles. The normalized spacial score (nSPS) is 14.4. The second kappa shape index (κ2) is 7.21. The van der Waals surface area contributed by atoms with E-state index in [1.54, 1.807) is 0 Å². The zero-order valence-corrected chi connectivity index (χ0v) is 9.66. The third-order valence-electron chi connectivity index (χ3n) is 2.32. The minimum absolute atomic E-state index is 0.0834. The average molecular weight is 212 g/mol. The highest BCUT2D eigenvalue weighted by molar-refractivity contribution is 5.81. The summed E-state index contributed by atoms with van der Waals surface area (Å²) in [5.74, 6) is 4.84. The quantitative estimate of drug-likeness (QED) is 0.375. The number of rotatable bonds is 6. The zero-order valence-electron chi connectivity index (χ0n) is 9.66. The van der Waals surface area contributed by atoms with E-state index in [1.807, 2.05) is 25.8 Å². The van der Waals surface area contributed by atoms with Crippen LogP contribution < -0.4 is 11.3 Å². The third-order valence-corrected chi connectivity index (χ3v) is 2.32. The monoisotopic (exact) mass is 212 g/mol. The van der Waals surface area contributed by atoms with Crippen molar-refractivity contribution in [3.8, 4) is 6.07 Å². The number of nitrogens with one attached hydrogen (secondary N) is 1. The predicted octanol–water partition coefficient (Wildman–Crippen LogP) is 0.236. The number of amides is 1. The molecule has 15 heavy (non-hydrogen) atoms. The molecule has 0 saturated heterocycles. The maximum Gasteiger partial charge on any atom is 0.251 e. The lowest BCUT2D eigenvalue weighted by molar-refractivity contribution is -0.126. The molecular formula is C10H20N4O. The highest BCUT2D eigenvalue weighted by Crippen LogP contribution is 2.07. The molecule has 2 unspecified atom stereocenters. The van der Waals surface area contributed by atoms with E-state index in [0.29, 0.717) is 6.54 Å². The Labute approximate surface area is 91.2 Å². The Bertz CT molecular complexity index is 236.